The molecule has 0 radical (unpaired) electrons. The number of rotatable bonds is 6. The maximum atomic E-state index is 11.6. The van der Waals surface area contributed by atoms with Crippen LogP contribution in [0.2, 0.25) is 0 Å². The predicted molar refractivity (Wildman–Crippen MR) is 107 cm³/mol. The van der Waals surface area contributed by atoms with E-state index in [4.69, 9.17) is 17.4 Å². The van der Waals surface area contributed by atoms with E-state index in [2.05, 4.69) is 29.7 Å². The van der Waals surface area contributed by atoms with E-state index in [0.717, 1.165) is 12.1 Å². The predicted octanol–water partition coefficient (Wildman–Crippen LogP) is 3.79. The van der Waals surface area contributed by atoms with Crippen LogP contribution in [0.1, 0.15) is 30.9 Å². The second-order valence-corrected chi connectivity index (χ2v) is 7.84. The van der Waals surface area contributed by atoms with Crippen molar-refractivity contribution in [2.24, 2.45) is 5.14 Å². The fourth-order valence-electron chi connectivity index (χ4n) is 2.41. The lowest BCUT2D eigenvalue weighted by Gasteiger charge is -2.13. The molecule has 134 valence electrons. The molecule has 0 aromatic heterocycles. The number of primary sulfonamides is 1. The molecule has 0 bridgehead atoms. The van der Waals surface area contributed by atoms with Crippen molar-refractivity contribution in [1.29, 1.82) is 0 Å². The van der Waals surface area contributed by atoms with Crippen molar-refractivity contribution in [1.82, 2.24) is 0 Å². The summed E-state index contributed by atoms with van der Waals surface area (Å²) < 4.78 is 23.2. The van der Waals surface area contributed by atoms with E-state index in [1.807, 2.05) is 12.1 Å². The van der Waals surface area contributed by atoms with E-state index >= 15 is 0 Å². The van der Waals surface area contributed by atoms with Gasteiger partial charge >= 0.3 is 0 Å². The van der Waals surface area contributed by atoms with Crippen LogP contribution < -0.4 is 15.8 Å². The van der Waals surface area contributed by atoms with Crippen molar-refractivity contribution in [3.63, 3.8) is 0 Å². The number of anilines is 2. The molecule has 0 amide bonds. The third kappa shape index (κ3) is 5.81. The van der Waals surface area contributed by atoms with Crippen LogP contribution in [0.3, 0.4) is 0 Å². The summed E-state index contributed by atoms with van der Waals surface area (Å²) in [5, 5.41) is 11.7. The molecule has 25 heavy (non-hydrogen) atoms. The largest absolute Gasteiger partial charge is 0.332 e. The summed E-state index contributed by atoms with van der Waals surface area (Å²) in [7, 11) is -3.77. The summed E-state index contributed by atoms with van der Waals surface area (Å²) >= 11 is 5.29. The lowest BCUT2D eigenvalue weighted by molar-refractivity contribution is 0.597. The zero-order chi connectivity index (χ0) is 18.4. The van der Waals surface area contributed by atoms with Gasteiger partial charge in [0.15, 0.2) is 5.11 Å². The topological polar surface area (TPSA) is 84.2 Å². The Bertz CT molecular complexity index is 847. The third-order valence-corrected chi connectivity index (χ3v) is 5.04. The Morgan fingerprint density at radius 1 is 1.08 bits per heavy atom. The van der Waals surface area contributed by atoms with Crippen molar-refractivity contribution in [3.8, 4) is 0 Å². The first kappa shape index (κ1) is 19.4. The van der Waals surface area contributed by atoms with Gasteiger partial charge in [-0.2, -0.15) is 0 Å². The monoisotopic (exact) mass is 377 g/mol. The molecule has 0 spiro atoms. The molecular formula is C18H23N3O2S2. The fourth-order valence-corrected chi connectivity index (χ4v) is 3.46. The van der Waals surface area contributed by atoms with Gasteiger partial charge in [-0.1, -0.05) is 31.5 Å². The van der Waals surface area contributed by atoms with E-state index in [1.54, 1.807) is 19.1 Å². The molecular weight excluding hydrogens is 354 g/mol. The minimum atomic E-state index is -3.77. The second-order valence-electron chi connectivity index (χ2n) is 5.90. The zero-order valence-corrected chi connectivity index (χ0v) is 16.0. The van der Waals surface area contributed by atoms with Crippen molar-refractivity contribution < 1.29 is 8.42 Å². The van der Waals surface area contributed by atoms with Crippen molar-refractivity contribution in [2.45, 2.75) is 38.0 Å². The summed E-state index contributed by atoms with van der Waals surface area (Å²) in [5.74, 6) is 0. The van der Waals surface area contributed by atoms with Crippen LogP contribution >= 0.6 is 12.2 Å². The normalized spacial score (nSPS) is 11.2. The molecule has 2 aromatic rings. The van der Waals surface area contributed by atoms with Gasteiger partial charge in [0, 0.05) is 11.4 Å². The first-order valence-corrected chi connectivity index (χ1v) is 10.1. The van der Waals surface area contributed by atoms with E-state index in [1.165, 1.54) is 24.5 Å². The molecule has 2 aromatic carbocycles. The van der Waals surface area contributed by atoms with E-state index in [9.17, 15) is 8.42 Å². The summed E-state index contributed by atoms with van der Waals surface area (Å²) in [6.07, 6.45) is 3.41. The molecule has 5 nitrogen and oxygen atoms in total. The summed E-state index contributed by atoms with van der Waals surface area (Å²) in [5.41, 5.74) is 3.32. The minimum Gasteiger partial charge on any atom is -0.332 e. The Morgan fingerprint density at radius 2 is 1.68 bits per heavy atom. The Hall–Kier alpha value is -1.96. The van der Waals surface area contributed by atoms with Crippen LogP contribution in [0, 0.1) is 6.92 Å². The van der Waals surface area contributed by atoms with E-state index in [-0.39, 0.29) is 4.90 Å². The average molecular weight is 378 g/mol. The molecule has 0 aliphatic rings. The Kier molecular flexibility index (Phi) is 6.52. The van der Waals surface area contributed by atoms with Crippen LogP contribution in [0.4, 0.5) is 11.4 Å². The van der Waals surface area contributed by atoms with Crippen molar-refractivity contribution in [2.75, 3.05) is 10.6 Å². The maximum absolute atomic E-state index is 11.6. The number of sulfonamides is 1. The summed E-state index contributed by atoms with van der Waals surface area (Å²) in [4.78, 5) is 0.0839. The lowest BCUT2D eigenvalue weighted by Crippen LogP contribution is -2.20. The molecule has 0 saturated heterocycles. The number of nitrogens with one attached hydrogen (secondary N) is 2. The molecule has 0 unspecified atom stereocenters. The zero-order valence-electron chi connectivity index (χ0n) is 14.4. The number of benzene rings is 2. The summed E-state index contributed by atoms with van der Waals surface area (Å²) in [6, 6.07) is 13.0. The van der Waals surface area contributed by atoms with Gasteiger partial charge in [-0.25, -0.2) is 13.6 Å². The standard InChI is InChI=1S/C18H23N3O2S2/c1-3-4-5-14-7-10-15(11-8-14)20-18(24)21-16-9-6-13(2)17(12-16)25(19,22)23/h6-12H,3-5H2,1-2H3,(H2,19,22,23)(H2,20,21,24). The second kappa shape index (κ2) is 8.42. The highest BCUT2D eigenvalue weighted by molar-refractivity contribution is 7.89. The molecule has 0 heterocycles. The number of hydrogen-bond acceptors (Lipinski definition) is 3. The van der Waals surface area contributed by atoms with E-state index < -0.39 is 10.0 Å². The highest BCUT2D eigenvalue weighted by Gasteiger charge is 2.12. The molecule has 0 atom stereocenters. The van der Waals surface area contributed by atoms with Crippen LogP contribution in [-0.4, -0.2) is 13.5 Å². The molecule has 4 N–H and O–H groups in total. The van der Waals surface area contributed by atoms with E-state index in [0.29, 0.717) is 16.4 Å². The highest BCUT2D eigenvalue weighted by atomic mass is 32.2. The third-order valence-electron chi connectivity index (χ3n) is 3.78. The molecule has 0 aliphatic heterocycles. The van der Waals surface area contributed by atoms with Gasteiger partial charge < -0.3 is 10.6 Å². The van der Waals surface area contributed by atoms with Crippen LogP contribution in [-0.2, 0) is 16.4 Å². The van der Waals surface area contributed by atoms with Crippen LogP contribution in [0.5, 0.6) is 0 Å². The fraction of sp³-hybridized carbons (Fsp3) is 0.278. The Morgan fingerprint density at radius 3 is 2.28 bits per heavy atom. The van der Waals surface area contributed by atoms with Gasteiger partial charge in [-0.15, -0.1) is 0 Å². The number of thiocarbonyl (C=S) groups is 1. The van der Waals surface area contributed by atoms with Crippen molar-refractivity contribution >= 4 is 38.7 Å². The first-order valence-electron chi connectivity index (χ1n) is 8.10. The SMILES string of the molecule is CCCCc1ccc(NC(=S)Nc2ccc(C)c(S(N)(=O)=O)c2)cc1. The number of aryl methyl sites for hydroxylation is 2. The van der Waals surface area contributed by atoms with Crippen LogP contribution in [0.15, 0.2) is 47.4 Å². The number of nitrogens with two attached hydrogens (primary N) is 1. The molecule has 7 heteroatoms. The number of hydrogen-bond donors (Lipinski definition) is 3. The quantitative estimate of drug-likeness (QED) is 0.667. The lowest BCUT2D eigenvalue weighted by atomic mass is 10.1. The Balaban J connectivity index is 2.03. The van der Waals surface area contributed by atoms with Gasteiger partial charge in [0.1, 0.15) is 0 Å². The van der Waals surface area contributed by atoms with Gasteiger partial charge in [-0.05, 0) is 67.4 Å². The molecule has 0 aliphatic carbocycles. The van der Waals surface area contributed by atoms with Crippen LogP contribution in [0.25, 0.3) is 0 Å². The molecule has 0 fully saturated rings. The van der Waals surface area contributed by atoms with Crippen molar-refractivity contribution in [3.05, 3.63) is 53.6 Å². The first-order chi connectivity index (χ1) is 11.8. The highest BCUT2D eigenvalue weighted by Crippen LogP contribution is 2.19. The Labute approximate surface area is 154 Å². The summed E-state index contributed by atoms with van der Waals surface area (Å²) in [6.45, 7) is 3.87. The minimum absolute atomic E-state index is 0.0839. The smallest absolute Gasteiger partial charge is 0.238 e. The number of unbranched alkanes of at least 4 members (excludes halogenated alkanes) is 1. The van der Waals surface area contributed by atoms with Gasteiger partial charge in [0.25, 0.3) is 0 Å². The average Bonchev–Trinajstić information content (AvgIpc) is 2.55. The molecule has 2 rings (SSSR count). The molecule has 0 saturated carbocycles. The van der Waals surface area contributed by atoms with Gasteiger partial charge in [-0.3, -0.25) is 0 Å². The maximum Gasteiger partial charge on any atom is 0.238 e. The van der Waals surface area contributed by atoms with Gasteiger partial charge in [0.2, 0.25) is 10.0 Å². The van der Waals surface area contributed by atoms with Gasteiger partial charge in [0.05, 0.1) is 4.90 Å².